The maximum absolute atomic E-state index is 12.0. The molecule has 0 aliphatic rings. The number of rotatable bonds is 6. The molecule has 0 aliphatic carbocycles. The molecule has 0 aliphatic heterocycles. The van der Waals surface area contributed by atoms with Crippen LogP contribution in [0.25, 0.3) is 0 Å². The topological polar surface area (TPSA) is 66.5 Å². The standard InChI is InChI=1S/C14H21ClN2O3S/c1-10(2)14(18)16-7-8-17(21(4,19)20)13-6-5-12(15)9-11(13)3/h5-6,9-10H,7-8H2,1-4H3,(H,16,18). The predicted octanol–water partition coefficient (Wildman–Crippen LogP) is 2.19. The number of nitrogens with zero attached hydrogens (tertiary/aromatic N) is 1. The van der Waals surface area contributed by atoms with E-state index in [4.69, 9.17) is 11.6 Å². The molecular weight excluding hydrogens is 312 g/mol. The lowest BCUT2D eigenvalue weighted by molar-refractivity contribution is -0.123. The van der Waals surface area contributed by atoms with Gasteiger partial charge in [0.1, 0.15) is 0 Å². The second-order valence-electron chi connectivity index (χ2n) is 5.21. The maximum Gasteiger partial charge on any atom is 0.232 e. The Kier molecular flexibility index (Phi) is 6.04. The number of sulfonamides is 1. The van der Waals surface area contributed by atoms with Crippen molar-refractivity contribution < 1.29 is 13.2 Å². The Morgan fingerprint density at radius 2 is 2.00 bits per heavy atom. The van der Waals surface area contributed by atoms with Gasteiger partial charge in [-0.25, -0.2) is 8.42 Å². The fourth-order valence-corrected chi connectivity index (χ4v) is 3.06. The number of amides is 1. The zero-order valence-corrected chi connectivity index (χ0v) is 14.3. The van der Waals surface area contributed by atoms with Gasteiger partial charge in [-0.1, -0.05) is 25.4 Å². The highest BCUT2D eigenvalue weighted by molar-refractivity contribution is 7.92. The number of halogens is 1. The number of hydrogen-bond acceptors (Lipinski definition) is 3. The van der Waals surface area contributed by atoms with Crippen molar-refractivity contribution in [2.75, 3.05) is 23.7 Å². The summed E-state index contributed by atoms with van der Waals surface area (Å²) in [6, 6.07) is 5.03. The summed E-state index contributed by atoms with van der Waals surface area (Å²) in [6.45, 7) is 5.80. The third-order valence-corrected chi connectivity index (χ3v) is 4.38. The summed E-state index contributed by atoms with van der Waals surface area (Å²) in [5.41, 5.74) is 1.34. The summed E-state index contributed by atoms with van der Waals surface area (Å²) in [6.07, 6.45) is 1.14. The summed E-state index contributed by atoms with van der Waals surface area (Å²) >= 11 is 5.89. The van der Waals surface area contributed by atoms with Crippen molar-refractivity contribution >= 4 is 33.2 Å². The highest BCUT2D eigenvalue weighted by atomic mass is 35.5. The van der Waals surface area contributed by atoms with E-state index in [1.165, 1.54) is 4.31 Å². The van der Waals surface area contributed by atoms with Crippen molar-refractivity contribution in [3.05, 3.63) is 28.8 Å². The molecule has 0 saturated heterocycles. The first-order chi connectivity index (χ1) is 9.62. The molecule has 1 amide bonds. The minimum atomic E-state index is -3.43. The molecule has 0 aromatic heterocycles. The van der Waals surface area contributed by atoms with Gasteiger partial charge in [0, 0.05) is 17.5 Å². The van der Waals surface area contributed by atoms with Gasteiger partial charge in [0.25, 0.3) is 0 Å². The fraction of sp³-hybridized carbons (Fsp3) is 0.500. The first-order valence-electron chi connectivity index (χ1n) is 6.64. The van der Waals surface area contributed by atoms with E-state index in [2.05, 4.69) is 5.32 Å². The summed E-state index contributed by atoms with van der Waals surface area (Å²) in [7, 11) is -3.43. The summed E-state index contributed by atoms with van der Waals surface area (Å²) in [4.78, 5) is 11.5. The number of hydrogen-bond donors (Lipinski definition) is 1. The average molecular weight is 333 g/mol. The van der Waals surface area contributed by atoms with E-state index in [9.17, 15) is 13.2 Å². The smallest absolute Gasteiger partial charge is 0.232 e. The lowest BCUT2D eigenvalue weighted by atomic mass is 10.2. The average Bonchev–Trinajstić information content (AvgIpc) is 2.34. The van der Waals surface area contributed by atoms with Crippen LogP contribution >= 0.6 is 11.6 Å². The molecular formula is C14H21ClN2O3S. The van der Waals surface area contributed by atoms with Crippen molar-refractivity contribution in [1.82, 2.24) is 5.32 Å². The van der Waals surface area contributed by atoms with Crippen molar-refractivity contribution in [3.63, 3.8) is 0 Å². The maximum atomic E-state index is 12.0. The van der Waals surface area contributed by atoms with Crippen molar-refractivity contribution in [3.8, 4) is 0 Å². The van der Waals surface area contributed by atoms with E-state index in [1.807, 2.05) is 0 Å². The molecule has 118 valence electrons. The molecule has 7 heteroatoms. The Hall–Kier alpha value is -1.27. The normalized spacial score (nSPS) is 11.5. The van der Waals surface area contributed by atoms with Crippen LogP contribution in [0.1, 0.15) is 19.4 Å². The van der Waals surface area contributed by atoms with E-state index in [0.29, 0.717) is 10.7 Å². The van der Waals surface area contributed by atoms with Crippen LogP contribution in [0.4, 0.5) is 5.69 Å². The number of nitrogens with one attached hydrogen (secondary N) is 1. The SMILES string of the molecule is Cc1cc(Cl)ccc1N(CCNC(=O)C(C)C)S(C)(=O)=O. The zero-order valence-electron chi connectivity index (χ0n) is 12.7. The van der Waals surface area contributed by atoms with E-state index >= 15 is 0 Å². The lowest BCUT2D eigenvalue weighted by Gasteiger charge is -2.24. The van der Waals surface area contributed by atoms with Gasteiger partial charge < -0.3 is 5.32 Å². The molecule has 1 aromatic rings. The van der Waals surface area contributed by atoms with Gasteiger partial charge in [-0.15, -0.1) is 0 Å². The number of aryl methyl sites for hydroxylation is 1. The van der Waals surface area contributed by atoms with Gasteiger partial charge in [-0.3, -0.25) is 9.10 Å². The highest BCUT2D eigenvalue weighted by Gasteiger charge is 2.19. The first-order valence-corrected chi connectivity index (χ1v) is 8.87. The van der Waals surface area contributed by atoms with Gasteiger partial charge in [0.15, 0.2) is 0 Å². The van der Waals surface area contributed by atoms with Crippen LogP contribution in [-0.2, 0) is 14.8 Å². The molecule has 5 nitrogen and oxygen atoms in total. The van der Waals surface area contributed by atoms with E-state index in [-0.39, 0.29) is 24.9 Å². The van der Waals surface area contributed by atoms with Crippen LogP contribution in [0.3, 0.4) is 0 Å². The Bertz CT molecular complexity index is 615. The van der Waals surface area contributed by atoms with Crippen LogP contribution in [0.15, 0.2) is 18.2 Å². The number of carbonyl (C=O) groups is 1. The monoisotopic (exact) mass is 332 g/mol. The molecule has 1 N–H and O–H groups in total. The van der Waals surface area contributed by atoms with Crippen LogP contribution in [0.5, 0.6) is 0 Å². The molecule has 0 fully saturated rings. The van der Waals surface area contributed by atoms with Crippen LogP contribution in [0.2, 0.25) is 5.02 Å². The predicted molar refractivity (Wildman–Crippen MR) is 86.2 cm³/mol. The third kappa shape index (κ3) is 5.21. The lowest BCUT2D eigenvalue weighted by Crippen LogP contribution is -2.39. The second-order valence-corrected chi connectivity index (χ2v) is 7.55. The second kappa shape index (κ2) is 7.13. The Morgan fingerprint density at radius 1 is 1.38 bits per heavy atom. The minimum absolute atomic E-state index is 0.101. The molecule has 0 radical (unpaired) electrons. The molecule has 0 spiro atoms. The fourth-order valence-electron chi connectivity index (χ4n) is 1.85. The Morgan fingerprint density at radius 3 is 2.48 bits per heavy atom. The van der Waals surface area contributed by atoms with E-state index in [1.54, 1.807) is 39.0 Å². The summed E-state index contributed by atoms with van der Waals surface area (Å²) < 4.78 is 25.2. The summed E-state index contributed by atoms with van der Waals surface area (Å²) in [5, 5.41) is 3.27. The Labute approximate surface area is 131 Å². The van der Waals surface area contributed by atoms with Crippen molar-refractivity contribution in [2.24, 2.45) is 5.92 Å². The number of anilines is 1. The summed E-state index contributed by atoms with van der Waals surface area (Å²) in [5.74, 6) is -0.231. The van der Waals surface area contributed by atoms with Crippen molar-refractivity contribution in [1.29, 1.82) is 0 Å². The minimum Gasteiger partial charge on any atom is -0.354 e. The molecule has 0 bridgehead atoms. The van der Waals surface area contributed by atoms with Crippen LogP contribution in [-0.4, -0.2) is 33.7 Å². The van der Waals surface area contributed by atoms with Crippen LogP contribution < -0.4 is 9.62 Å². The van der Waals surface area contributed by atoms with Gasteiger partial charge in [-0.05, 0) is 30.7 Å². The molecule has 21 heavy (non-hydrogen) atoms. The number of benzene rings is 1. The number of carbonyl (C=O) groups excluding carboxylic acids is 1. The van der Waals surface area contributed by atoms with Crippen molar-refractivity contribution in [2.45, 2.75) is 20.8 Å². The van der Waals surface area contributed by atoms with Gasteiger partial charge >= 0.3 is 0 Å². The molecule has 0 heterocycles. The van der Waals surface area contributed by atoms with E-state index in [0.717, 1.165) is 11.8 Å². The largest absolute Gasteiger partial charge is 0.354 e. The molecule has 1 rings (SSSR count). The first kappa shape index (κ1) is 17.8. The van der Waals surface area contributed by atoms with Gasteiger partial charge in [0.2, 0.25) is 15.9 Å². The Balaban J connectivity index is 2.90. The van der Waals surface area contributed by atoms with Crippen LogP contribution in [0, 0.1) is 12.8 Å². The molecule has 1 aromatic carbocycles. The quantitative estimate of drug-likeness (QED) is 0.868. The molecule has 0 saturated carbocycles. The van der Waals surface area contributed by atoms with E-state index < -0.39 is 10.0 Å². The molecule has 0 atom stereocenters. The van der Waals surface area contributed by atoms with Gasteiger partial charge in [0.05, 0.1) is 18.5 Å². The highest BCUT2D eigenvalue weighted by Crippen LogP contribution is 2.25. The third-order valence-electron chi connectivity index (χ3n) is 2.97. The molecule has 0 unspecified atom stereocenters. The zero-order chi connectivity index (χ0) is 16.2. The van der Waals surface area contributed by atoms with Gasteiger partial charge in [-0.2, -0.15) is 0 Å².